The van der Waals surface area contributed by atoms with Gasteiger partial charge in [-0.3, -0.25) is 4.55 Å². The number of hydrogen-bond acceptors (Lipinski definition) is 3. The molecule has 0 aromatic rings. The highest BCUT2D eigenvalue weighted by Crippen LogP contribution is 2.18. The molecule has 0 spiro atoms. The lowest BCUT2D eigenvalue weighted by Gasteiger charge is -2.25. The first-order valence-electron chi connectivity index (χ1n) is 3.03. The van der Waals surface area contributed by atoms with Crippen LogP contribution >= 0.6 is 0 Å². The van der Waals surface area contributed by atoms with Gasteiger partial charge in [-0.25, -0.2) is 5.01 Å². The van der Waals surface area contributed by atoms with Crippen molar-refractivity contribution in [2.24, 2.45) is 0 Å². The van der Waals surface area contributed by atoms with Gasteiger partial charge in [-0.05, 0) is 0 Å². The van der Waals surface area contributed by atoms with Crippen molar-refractivity contribution in [1.29, 1.82) is 0 Å². The highest BCUT2D eigenvalue weighted by molar-refractivity contribution is 7.83. The molecule has 0 aliphatic rings. The lowest BCUT2D eigenvalue weighted by molar-refractivity contribution is -0.154. The lowest BCUT2D eigenvalue weighted by Crippen LogP contribution is -2.46. The van der Waals surface area contributed by atoms with E-state index < -0.39 is 23.0 Å². The molecule has 0 fully saturated rings. The molecule has 0 amide bonds. The maximum atomic E-state index is 11.8. The molecular weight excluding hydrogens is 213 g/mol. The molecule has 0 heterocycles. The maximum absolute atomic E-state index is 11.8. The van der Waals surface area contributed by atoms with Gasteiger partial charge in [0.05, 0.1) is 0 Å². The Balaban J connectivity index is 4.67. The number of rotatable bonds is 3. The molecule has 80 valence electrons. The van der Waals surface area contributed by atoms with E-state index in [2.05, 4.69) is 0 Å². The van der Waals surface area contributed by atoms with E-state index in [9.17, 15) is 21.6 Å². The zero-order chi connectivity index (χ0) is 10.9. The molecule has 0 saturated carbocycles. The summed E-state index contributed by atoms with van der Waals surface area (Å²) < 4.78 is 64.2. The van der Waals surface area contributed by atoms with Crippen molar-refractivity contribution < 1.29 is 26.1 Å². The summed E-state index contributed by atoms with van der Waals surface area (Å²) in [4.78, 5) is 0. The molecule has 0 atom stereocenters. The van der Waals surface area contributed by atoms with Crippen LogP contribution in [0.4, 0.5) is 13.2 Å². The number of halogens is 3. The van der Waals surface area contributed by atoms with Crippen LogP contribution in [0.25, 0.3) is 0 Å². The smallest absolute Gasteiger partial charge is 0.272 e. The number of hydrazine groups is 1. The van der Waals surface area contributed by atoms with Crippen molar-refractivity contribution >= 4 is 10.3 Å². The summed E-state index contributed by atoms with van der Waals surface area (Å²) in [5.74, 6) is 0. The van der Waals surface area contributed by atoms with Crippen molar-refractivity contribution in [2.45, 2.75) is 6.18 Å². The van der Waals surface area contributed by atoms with Gasteiger partial charge < -0.3 is 0 Å². The van der Waals surface area contributed by atoms with Gasteiger partial charge in [-0.2, -0.15) is 21.6 Å². The predicted octanol–water partition coefficient (Wildman–Crippen LogP) is 0.130. The summed E-state index contributed by atoms with van der Waals surface area (Å²) >= 11 is 0. The second kappa shape index (κ2) is 3.78. The second-order valence-electron chi connectivity index (χ2n) is 2.42. The molecule has 1 N–H and O–H groups in total. The van der Waals surface area contributed by atoms with Crippen LogP contribution in [0.3, 0.4) is 0 Å². The van der Waals surface area contributed by atoms with E-state index in [1.807, 2.05) is 0 Å². The minimum absolute atomic E-state index is 0.201. The van der Waals surface area contributed by atoms with Crippen molar-refractivity contribution in [3.63, 3.8) is 0 Å². The zero-order valence-electron chi connectivity index (χ0n) is 6.91. The van der Waals surface area contributed by atoms with Crippen LogP contribution in [0, 0.1) is 0 Å². The average Bonchev–Trinajstić information content (AvgIpc) is 1.77. The standard InChI is InChI=1S/C4H9F3N2O3S/c1-8(2)9(13(10,11)12)3-4(5,6)7/h3H2,1-2H3,(H,10,11,12). The fourth-order valence-electron chi connectivity index (χ4n) is 0.583. The highest BCUT2D eigenvalue weighted by Gasteiger charge is 2.36. The third-order valence-corrected chi connectivity index (χ3v) is 2.02. The summed E-state index contributed by atoms with van der Waals surface area (Å²) in [5.41, 5.74) is 0. The molecule has 9 heteroatoms. The molecule has 5 nitrogen and oxygen atoms in total. The molecule has 13 heavy (non-hydrogen) atoms. The van der Waals surface area contributed by atoms with Crippen molar-refractivity contribution in [3.8, 4) is 0 Å². The molecule has 0 radical (unpaired) electrons. The number of alkyl halides is 3. The molecule has 0 bridgehead atoms. The Bertz CT molecular complexity index is 260. The van der Waals surface area contributed by atoms with Gasteiger partial charge in [0.1, 0.15) is 6.54 Å². The van der Waals surface area contributed by atoms with Crippen LogP contribution in [0.5, 0.6) is 0 Å². The third-order valence-electron chi connectivity index (χ3n) is 1.03. The van der Waals surface area contributed by atoms with Gasteiger partial charge >= 0.3 is 16.5 Å². The average molecular weight is 222 g/mol. The van der Waals surface area contributed by atoms with Crippen molar-refractivity contribution in [3.05, 3.63) is 0 Å². The Labute approximate surface area is 73.6 Å². The molecule has 0 unspecified atom stereocenters. The molecule has 0 aromatic carbocycles. The summed E-state index contributed by atoms with van der Waals surface area (Å²) in [5, 5.41) is 0.628. The quantitative estimate of drug-likeness (QED) is 0.544. The number of nitrogens with zero attached hydrogens (tertiary/aromatic N) is 2. The van der Waals surface area contributed by atoms with Crippen LogP contribution in [-0.4, -0.2) is 49.2 Å². The van der Waals surface area contributed by atoms with Gasteiger partial charge in [0.25, 0.3) is 0 Å². The van der Waals surface area contributed by atoms with Crippen molar-refractivity contribution in [2.75, 3.05) is 20.6 Å². The van der Waals surface area contributed by atoms with Crippen LogP contribution in [0.1, 0.15) is 0 Å². The van der Waals surface area contributed by atoms with E-state index in [0.717, 1.165) is 14.1 Å². The summed E-state index contributed by atoms with van der Waals surface area (Å²) in [6.07, 6.45) is -4.69. The van der Waals surface area contributed by atoms with E-state index in [1.54, 1.807) is 0 Å². The Hall–Kier alpha value is -0.380. The van der Waals surface area contributed by atoms with Gasteiger partial charge in [0.2, 0.25) is 0 Å². The van der Waals surface area contributed by atoms with Gasteiger partial charge in [-0.15, -0.1) is 4.41 Å². The fourth-order valence-corrected chi connectivity index (χ4v) is 1.30. The zero-order valence-corrected chi connectivity index (χ0v) is 7.72. The summed E-state index contributed by atoms with van der Waals surface area (Å²) in [6, 6.07) is 0. The summed E-state index contributed by atoms with van der Waals surface area (Å²) in [7, 11) is -2.72. The van der Waals surface area contributed by atoms with Crippen molar-refractivity contribution in [1.82, 2.24) is 9.42 Å². The Morgan fingerprint density at radius 2 is 1.69 bits per heavy atom. The second-order valence-corrected chi connectivity index (χ2v) is 3.74. The SMILES string of the molecule is CN(C)N(CC(F)(F)F)S(=O)(=O)O. The van der Waals surface area contributed by atoms with E-state index in [0.29, 0.717) is 5.01 Å². The third kappa shape index (κ3) is 5.03. The molecule has 0 rings (SSSR count). The first-order chi connectivity index (χ1) is 5.54. The largest absolute Gasteiger partial charge is 0.403 e. The highest BCUT2D eigenvalue weighted by atomic mass is 32.2. The molecule has 0 aromatic heterocycles. The Morgan fingerprint density at radius 1 is 1.31 bits per heavy atom. The molecular formula is C4H9F3N2O3S. The van der Waals surface area contributed by atoms with E-state index in [1.165, 1.54) is 0 Å². The monoisotopic (exact) mass is 222 g/mol. The molecule has 0 aliphatic carbocycles. The van der Waals surface area contributed by atoms with Gasteiger partial charge in [-0.1, -0.05) is 0 Å². The first kappa shape index (κ1) is 12.6. The van der Waals surface area contributed by atoms with E-state index >= 15 is 0 Å². The fraction of sp³-hybridized carbons (Fsp3) is 1.00. The molecule has 0 saturated heterocycles. The lowest BCUT2D eigenvalue weighted by atomic mass is 10.7. The normalized spacial score (nSPS) is 14.2. The Kier molecular flexibility index (Phi) is 3.67. The topological polar surface area (TPSA) is 60.9 Å². The summed E-state index contributed by atoms with van der Waals surface area (Å²) in [6.45, 7) is -1.75. The minimum Gasteiger partial charge on any atom is -0.272 e. The van der Waals surface area contributed by atoms with E-state index in [4.69, 9.17) is 4.55 Å². The first-order valence-corrected chi connectivity index (χ1v) is 4.43. The Morgan fingerprint density at radius 3 is 1.77 bits per heavy atom. The molecule has 0 aliphatic heterocycles. The van der Waals surface area contributed by atoms with Gasteiger partial charge in [0.15, 0.2) is 0 Å². The van der Waals surface area contributed by atoms with Gasteiger partial charge in [0, 0.05) is 14.1 Å². The van der Waals surface area contributed by atoms with Crippen LogP contribution in [0.15, 0.2) is 0 Å². The number of hydrogen-bond donors (Lipinski definition) is 1. The predicted molar refractivity (Wildman–Crippen MR) is 38.0 cm³/mol. The minimum atomic E-state index is -4.86. The maximum Gasteiger partial charge on any atom is 0.403 e. The van der Waals surface area contributed by atoms with Crippen LogP contribution in [0.2, 0.25) is 0 Å². The van der Waals surface area contributed by atoms with Crippen LogP contribution in [-0.2, 0) is 10.3 Å². The van der Waals surface area contributed by atoms with Crippen LogP contribution < -0.4 is 0 Å². The van der Waals surface area contributed by atoms with E-state index in [-0.39, 0.29) is 4.41 Å².